The first-order valence-electron chi connectivity index (χ1n) is 7.19. The van der Waals surface area contributed by atoms with Crippen molar-refractivity contribution in [1.82, 2.24) is 14.5 Å². The van der Waals surface area contributed by atoms with Crippen LogP contribution in [0.4, 0.5) is 0 Å². The van der Waals surface area contributed by atoms with Gasteiger partial charge in [-0.3, -0.25) is 9.36 Å². The molecular weight excluding hydrogens is 350 g/mol. The van der Waals surface area contributed by atoms with Gasteiger partial charge in [0.05, 0.1) is 17.2 Å². The van der Waals surface area contributed by atoms with Gasteiger partial charge in [-0.25, -0.2) is 9.97 Å². The van der Waals surface area contributed by atoms with Crippen LogP contribution in [0.1, 0.15) is 38.1 Å². The first kappa shape index (κ1) is 13.4. The molecule has 0 saturated heterocycles. The molecule has 0 bridgehead atoms. The monoisotopic (exact) mass is 363 g/mol. The van der Waals surface area contributed by atoms with Crippen LogP contribution in [0.2, 0.25) is 0 Å². The van der Waals surface area contributed by atoms with E-state index in [9.17, 15) is 4.79 Å². The van der Waals surface area contributed by atoms with E-state index in [0.29, 0.717) is 6.04 Å². The van der Waals surface area contributed by atoms with Gasteiger partial charge >= 0.3 is 0 Å². The van der Waals surface area contributed by atoms with E-state index >= 15 is 0 Å². The Kier molecular flexibility index (Phi) is 3.30. The summed E-state index contributed by atoms with van der Waals surface area (Å²) in [5, 5.41) is 0.949. The van der Waals surface area contributed by atoms with E-state index in [-0.39, 0.29) is 5.56 Å². The molecule has 0 amide bonds. The topological polar surface area (TPSA) is 47.8 Å². The van der Waals surface area contributed by atoms with Crippen LogP contribution < -0.4 is 5.56 Å². The summed E-state index contributed by atoms with van der Waals surface area (Å²) >= 11 is 4.98. The molecule has 3 aromatic rings. The molecule has 21 heavy (non-hydrogen) atoms. The van der Waals surface area contributed by atoms with E-state index in [1.165, 1.54) is 30.6 Å². The Balaban J connectivity index is 1.97. The number of pyridine rings is 1. The van der Waals surface area contributed by atoms with Crippen LogP contribution in [-0.4, -0.2) is 14.5 Å². The van der Waals surface area contributed by atoms with Gasteiger partial charge in [0.1, 0.15) is 9.53 Å². The number of rotatable bonds is 1. The summed E-state index contributed by atoms with van der Waals surface area (Å²) in [4.78, 5) is 22.6. The minimum atomic E-state index is 0.0850. The van der Waals surface area contributed by atoms with Crippen LogP contribution in [0.5, 0.6) is 0 Å². The number of hydrogen-bond acceptors (Lipinski definition) is 4. The summed E-state index contributed by atoms with van der Waals surface area (Å²) in [6.45, 7) is 0. The summed E-state index contributed by atoms with van der Waals surface area (Å²) in [6.07, 6.45) is 9.33. The molecule has 1 aliphatic rings. The molecule has 0 N–H and O–H groups in total. The molecule has 0 atom stereocenters. The van der Waals surface area contributed by atoms with Crippen molar-refractivity contribution < 1.29 is 0 Å². The Morgan fingerprint density at radius 3 is 2.86 bits per heavy atom. The lowest BCUT2D eigenvalue weighted by Crippen LogP contribution is -2.26. The molecule has 1 fully saturated rings. The molecule has 0 radical (unpaired) electrons. The second-order valence-electron chi connectivity index (χ2n) is 5.50. The maximum atomic E-state index is 12.8. The van der Waals surface area contributed by atoms with Crippen LogP contribution in [0.3, 0.4) is 0 Å². The second kappa shape index (κ2) is 5.18. The summed E-state index contributed by atoms with van der Waals surface area (Å²) in [5.74, 6) is 0. The molecule has 3 aromatic heterocycles. The zero-order valence-electron chi connectivity index (χ0n) is 11.4. The molecule has 0 aromatic carbocycles. The zero-order valence-corrected chi connectivity index (χ0v) is 13.8. The highest BCUT2D eigenvalue weighted by Gasteiger charge is 2.20. The first-order valence-corrected chi connectivity index (χ1v) is 8.80. The van der Waals surface area contributed by atoms with Crippen molar-refractivity contribution in [2.75, 3.05) is 0 Å². The predicted octanol–water partition coefficient (Wildman–Crippen LogP) is 4.27. The lowest BCUT2D eigenvalue weighted by atomic mass is 9.95. The minimum absolute atomic E-state index is 0.0850. The molecule has 0 spiro atoms. The third-order valence-electron chi connectivity index (χ3n) is 4.22. The van der Waals surface area contributed by atoms with Crippen LogP contribution in [0.15, 0.2) is 27.9 Å². The second-order valence-corrected chi connectivity index (χ2v) is 7.35. The van der Waals surface area contributed by atoms with Crippen LogP contribution >= 0.6 is 27.3 Å². The van der Waals surface area contributed by atoms with E-state index in [1.54, 1.807) is 12.5 Å². The summed E-state index contributed by atoms with van der Waals surface area (Å²) in [6, 6.07) is 2.20. The zero-order chi connectivity index (χ0) is 14.4. The third-order valence-corrected chi connectivity index (χ3v) is 5.96. The maximum Gasteiger partial charge on any atom is 0.271 e. The summed E-state index contributed by atoms with van der Waals surface area (Å²) in [7, 11) is 0. The molecule has 3 heterocycles. The Hall–Kier alpha value is -1.27. The lowest BCUT2D eigenvalue weighted by Gasteiger charge is -2.23. The largest absolute Gasteiger partial charge is 0.295 e. The van der Waals surface area contributed by atoms with Crippen molar-refractivity contribution in [1.29, 1.82) is 0 Å². The number of thiophene rings is 1. The highest BCUT2D eigenvalue weighted by molar-refractivity contribution is 9.10. The van der Waals surface area contributed by atoms with Gasteiger partial charge < -0.3 is 0 Å². The average molecular weight is 364 g/mol. The quantitative estimate of drug-likeness (QED) is 0.648. The van der Waals surface area contributed by atoms with E-state index in [2.05, 4.69) is 25.9 Å². The molecule has 4 rings (SSSR count). The molecule has 6 heteroatoms. The van der Waals surface area contributed by atoms with E-state index in [1.807, 2.05) is 10.6 Å². The Morgan fingerprint density at radius 2 is 2.05 bits per heavy atom. The SMILES string of the molecule is O=c1c2sc3nccc(Br)c3c2ncn1C1CCCCC1. The van der Waals surface area contributed by atoms with Crippen molar-refractivity contribution in [3.63, 3.8) is 0 Å². The number of nitrogens with zero attached hydrogens (tertiary/aromatic N) is 3. The molecule has 108 valence electrons. The molecule has 4 nitrogen and oxygen atoms in total. The molecule has 0 aliphatic heterocycles. The van der Waals surface area contributed by atoms with Crippen molar-refractivity contribution in [3.8, 4) is 0 Å². The molecule has 0 unspecified atom stereocenters. The van der Waals surface area contributed by atoms with Gasteiger partial charge in [0.15, 0.2) is 0 Å². The summed E-state index contributed by atoms with van der Waals surface area (Å²) in [5.41, 5.74) is 0.855. The molecular formula is C15H14BrN3OS. The maximum absolute atomic E-state index is 12.8. The highest BCUT2D eigenvalue weighted by Crippen LogP contribution is 2.34. The van der Waals surface area contributed by atoms with Crippen LogP contribution in [-0.2, 0) is 0 Å². The predicted molar refractivity (Wildman–Crippen MR) is 89.0 cm³/mol. The smallest absolute Gasteiger partial charge is 0.271 e. The van der Waals surface area contributed by atoms with Crippen molar-refractivity contribution in [2.45, 2.75) is 38.1 Å². The van der Waals surface area contributed by atoms with Crippen LogP contribution in [0.25, 0.3) is 20.4 Å². The molecule has 1 aliphatic carbocycles. The van der Waals surface area contributed by atoms with Gasteiger partial charge in [0.25, 0.3) is 5.56 Å². The van der Waals surface area contributed by atoms with Gasteiger partial charge in [-0.15, -0.1) is 11.3 Å². The van der Waals surface area contributed by atoms with E-state index in [0.717, 1.165) is 37.7 Å². The third kappa shape index (κ3) is 2.12. The van der Waals surface area contributed by atoms with Gasteiger partial charge in [0, 0.05) is 16.7 Å². The average Bonchev–Trinajstić information content (AvgIpc) is 2.89. The Bertz CT molecular complexity index is 880. The lowest BCUT2D eigenvalue weighted by molar-refractivity contribution is 0.345. The normalized spacial score (nSPS) is 16.8. The van der Waals surface area contributed by atoms with E-state index in [4.69, 9.17) is 0 Å². The van der Waals surface area contributed by atoms with Gasteiger partial charge in [0.2, 0.25) is 0 Å². The fraction of sp³-hybridized carbons (Fsp3) is 0.400. The van der Waals surface area contributed by atoms with E-state index < -0.39 is 0 Å². The number of halogens is 1. The fourth-order valence-electron chi connectivity index (χ4n) is 3.15. The van der Waals surface area contributed by atoms with Crippen LogP contribution in [0, 0.1) is 0 Å². The van der Waals surface area contributed by atoms with Gasteiger partial charge in [-0.2, -0.15) is 0 Å². The van der Waals surface area contributed by atoms with Crippen molar-refractivity contribution in [2.24, 2.45) is 0 Å². The summed E-state index contributed by atoms with van der Waals surface area (Å²) < 4.78 is 3.50. The number of aromatic nitrogens is 3. The van der Waals surface area contributed by atoms with Gasteiger partial charge in [-0.05, 0) is 34.8 Å². The first-order chi connectivity index (χ1) is 10.3. The van der Waals surface area contributed by atoms with Crippen molar-refractivity contribution >= 4 is 47.7 Å². The Morgan fingerprint density at radius 1 is 1.24 bits per heavy atom. The Labute approximate surface area is 134 Å². The van der Waals surface area contributed by atoms with Gasteiger partial charge in [-0.1, -0.05) is 19.3 Å². The standard InChI is InChI=1S/C15H14BrN3OS/c16-10-6-7-17-14-11(10)12-13(21-14)15(20)19(8-18-12)9-4-2-1-3-5-9/h6-9H,1-5H2. The number of fused-ring (bicyclic) bond motifs is 3. The number of hydrogen-bond donors (Lipinski definition) is 0. The highest BCUT2D eigenvalue weighted by atomic mass is 79.9. The fourth-order valence-corrected chi connectivity index (χ4v) is 4.83. The minimum Gasteiger partial charge on any atom is -0.295 e. The van der Waals surface area contributed by atoms with Crippen molar-refractivity contribution in [3.05, 3.63) is 33.4 Å². The molecule has 1 saturated carbocycles.